The highest BCUT2D eigenvalue weighted by molar-refractivity contribution is 6.00. The van der Waals surface area contributed by atoms with Crippen LogP contribution in [0.3, 0.4) is 0 Å². The molecule has 2 N–H and O–H groups in total. The second kappa shape index (κ2) is 7.63. The van der Waals surface area contributed by atoms with Crippen LogP contribution < -0.4 is 20.1 Å². The molecule has 0 aliphatic carbocycles. The summed E-state index contributed by atoms with van der Waals surface area (Å²) in [5.74, 6) is 1.17. The van der Waals surface area contributed by atoms with E-state index in [2.05, 4.69) is 15.5 Å². The van der Waals surface area contributed by atoms with Crippen LogP contribution in [0.2, 0.25) is 0 Å². The summed E-state index contributed by atoms with van der Waals surface area (Å²) in [7, 11) is 0. The molecule has 1 aromatic carbocycles. The van der Waals surface area contributed by atoms with Crippen LogP contribution >= 0.6 is 0 Å². The van der Waals surface area contributed by atoms with Crippen LogP contribution in [-0.4, -0.2) is 55.7 Å². The first-order valence-corrected chi connectivity index (χ1v) is 8.30. The van der Waals surface area contributed by atoms with Crippen molar-refractivity contribution in [2.45, 2.75) is 25.8 Å². The van der Waals surface area contributed by atoms with Gasteiger partial charge in [0.05, 0.1) is 19.3 Å². The van der Waals surface area contributed by atoms with Gasteiger partial charge >= 0.3 is 0 Å². The molecule has 2 aliphatic heterocycles. The molecule has 0 spiro atoms. The van der Waals surface area contributed by atoms with Crippen LogP contribution in [0.1, 0.15) is 30.1 Å². The van der Waals surface area contributed by atoms with Gasteiger partial charge in [0.2, 0.25) is 12.7 Å². The first kappa shape index (κ1) is 16.7. The Kier molecular flexibility index (Phi) is 5.32. The third kappa shape index (κ3) is 4.04. The third-order valence-corrected chi connectivity index (χ3v) is 4.31. The van der Waals surface area contributed by atoms with Crippen molar-refractivity contribution in [1.29, 1.82) is 0 Å². The highest BCUT2D eigenvalue weighted by atomic mass is 16.7. The van der Waals surface area contributed by atoms with E-state index < -0.39 is 6.04 Å². The van der Waals surface area contributed by atoms with Crippen LogP contribution in [0.5, 0.6) is 11.5 Å². The number of carbonyl (C=O) groups is 2. The molecule has 7 heteroatoms. The number of rotatable bonds is 7. The van der Waals surface area contributed by atoms with E-state index in [-0.39, 0.29) is 25.2 Å². The Morgan fingerprint density at radius 3 is 2.75 bits per heavy atom. The molecule has 1 unspecified atom stereocenters. The highest BCUT2D eigenvalue weighted by Gasteiger charge is 2.20. The predicted molar refractivity (Wildman–Crippen MR) is 88.2 cm³/mol. The molecule has 0 saturated carbocycles. The lowest BCUT2D eigenvalue weighted by Gasteiger charge is -2.16. The molecule has 1 atom stereocenters. The Hall–Kier alpha value is -2.12. The Morgan fingerprint density at radius 1 is 1.21 bits per heavy atom. The van der Waals surface area contributed by atoms with Gasteiger partial charge in [0.1, 0.15) is 0 Å². The average molecular weight is 333 g/mol. The monoisotopic (exact) mass is 333 g/mol. The SMILES string of the molecule is CC(NCNC(=O)CN1CCCC1)C(=O)c1ccc2c(c1)OCO2. The zero-order valence-electron chi connectivity index (χ0n) is 13.8. The Labute approximate surface area is 141 Å². The van der Waals surface area contributed by atoms with Crippen LogP contribution in [0.4, 0.5) is 0 Å². The summed E-state index contributed by atoms with van der Waals surface area (Å²) in [6, 6.07) is 4.74. The van der Waals surface area contributed by atoms with Gasteiger partial charge < -0.3 is 14.8 Å². The van der Waals surface area contributed by atoms with Crippen molar-refractivity contribution < 1.29 is 19.1 Å². The maximum absolute atomic E-state index is 12.4. The third-order valence-electron chi connectivity index (χ3n) is 4.31. The second-order valence-electron chi connectivity index (χ2n) is 6.12. The Morgan fingerprint density at radius 2 is 1.96 bits per heavy atom. The van der Waals surface area contributed by atoms with Crippen molar-refractivity contribution in [1.82, 2.24) is 15.5 Å². The molecule has 0 radical (unpaired) electrons. The van der Waals surface area contributed by atoms with Gasteiger partial charge in [-0.1, -0.05) is 0 Å². The van der Waals surface area contributed by atoms with E-state index >= 15 is 0 Å². The number of ketones is 1. The van der Waals surface area contributed by atoms with Crippen molar-refractivity contribution in [2.24, 2.45) is 0 Å². The number of hydrogen-bond acceptors (Lipinski definition) is 6. The summed E-state index contributed by atoms with van der Waals surface area (Å²) in [5, 5.41) is 5.83. The fourth-order valence-corrected chi connectivity index (χ4v) is 2.89. The van der Waals surface area contributed by atoms with Crippen molar-refractivity contribution in [2.75, 3.05) is 33.1 Å². The van der Waals surface area contributed by atoms with Gasteiger partial charge in [-0.15, -0.1) is 0 Å². The lowest BCUT2D eigenvalue weighted by atomic mass is 10.1. The van der Waals surface area contributed by atoms with E-state index in [4.69, 9.17) is 9.47 Å². The minimum Gasteiger partial charge on any atom is -0.454 e. The molecule has 1 saturated heterocycles. The van der Waals surface area contributed by atoms with Gasteiger partial charge in [-0.2, -0.15) is 0 Å². The number of nitrogens with zero attached hydrogens (tertiary/aromatic N) is 1. The van der Waals surface area contributed by atoms with Gasteiger partial charge in [-0.3, -0.25) is 19.8 Å². The highest BCUT2D eigenvalue weighted by Crippen LogP contribution is 2.32. The zero-order valence-corrected chi connectivity index (χ0v) is 13.8. The number of ether oxygens (including phenoxy) is 2. The smallest absolute Gasteiger partial charge is 0.235 e. The van der Waals surface area contributed by atoms with Gasteiger partial charge in [-0.25, -0.2) is 0 Å². The fourth-order valence-electron chi connectivity index (χ4n) is 2.89. The standard InChI is InChI=1S/C17H23N3O4/c1-12(18-10-19-16(21)9-20-6-2-3-7-20)17(22)13-4-5-14-15(8-13)24-11-23-14/h4-5,8,12,18H,2-3,6-7,9-11H2,1H3,(H,19,21). The Bertz CT molecular complexity index is 614. The van der Waals surface area contributed by atoms with E-state index in [0.29, 0.717) is 23.6 Å². The molecule has 1 fully saturated rings. The summed E-state index contributed by atoms with van der Waals surface area (Å²) >= 11 is 0. The molecular weight excluding hydrogens is 310 g/mol. The van der Waals surface area contributed by atoms with E-state index in [1.165, 1.54) is 0 Å². The lowest BCUT2D eigenvalue weighted by molar-refractivity contribution is -0.122. The topological polar surface area (TPSA) is 79.9 Å². The number of hydrogen-bond donors (Lipinski definition) is 2. The zero-order chi connectivity index (χ0) is 16.9. The van der Waals surface area contributed by atoms with Crippen molar-refractivity contribution >= 4 is 11.7 Å². The second-order valence-corrected chi connectivity index (χ2v) is 6.12. The van der Waals surface area contributed by atoms with Crippen LogP contribution in [0.25, 0.3) is 0 Å². The molecule has 2 heterocycles. The molecule has 130 valence electrons. The van der Waals surface area contributed by atoms with E-state index in [0.717, 1.165) is 25.9 Å². The quantitative estimate of drug-likeness (QED) is 0.566. The molecule has 0 bridgehead atoms. The van der Waals surface area contributed by atoms with Crippen LogP contribution in [0.15, 0.2) is 18.2 Å². The molecular formula is C17H23N3O4. The molecule has 24 heavy (non-hydrogen) atoms. The average Bonchev–Trinajstić information content (AvgIpc) is 3.24. The van der Waals surface area contributed by atoms with Crippen molar-refractivity contribution in [3.05, 3.63) is 23.8 Å². The Balaban J connectivity index is 1.43. The largest absolute Gasteiger partial charge is 0.454 e. The van der Waals surface area contributed by atoms with Gasteiger partial charge in [0, 0.05) is 5.56 Å². The summed E-state index contributed by atoms with van der Waals surface area (Å²) in [6.45, 7) is 4.62. The summed E-state index contributed by atoms with van der Waals surface area (Å²) < 4.78 is 10.5. The number of likely N-dealkylation sites (tertiary alicyclic amines) is 1. The maximum Gasteiger partial charge on any atom is 0.235 e. The van der Waals surface area contributed by atoms with Gasteiger partial charge in [0.25, 0.3) is 0 Å². The first-order chi connectivity index (χ1) is 11.6. The summed E-state index contributed by atoms with van der Waals surface area (Å²) in [6.07, 6.45) is 2.32. The maximum atomic E-state index is 12.4. The van der Waals surface area contributed by atoms with E-state index in [1.54, 1.807) is 25.1 Å². The van der Waals surface area contributed by atoms with Gasteiger partial charge in [-0.05, 0) is 51.1 Å². The summed E-state index contributed by atoms with van der Waals surface area (Å²) in [4.78, 5) is 26.4. The number of nitrogens with one attached hydrogen (secondary N) is 2. The molecule has 0 aromatic heterocycles. The number of Topliss-reactive ketones (excluding diaryl/α,β-unsaturated/α-hetero) is 1. The minimum atomic E-state index is -0.405. The number of carbonyl (C=O) groups excluding carboxylic acids is 2. The van der Waals surface area contributed by atoms with Crippen LogP contribution in [0, 0.1) is 0 Å². The van der Waals surface area contributed by atoms with E-state index in [1.807, 2.05) is 0 Å². The van der Waals surface area contributed by atoms with Gasteiger partial charge in [0.15, 0.2) is 17.3 Å². The van der Waals surface area contributed by atoms with E-state index in [9.17, 15) is 9.59 Å². The minimum absolute atomic E-state index is 0.0212. The molecule has 2 aliphatic rings. The van der Waals surface area contributed by atoms with Crippen molar-refractivity contribution in [3.8, 4) is 11.5 Å². The fraction of sp³-hybridized carbons (Fsp3) is 0.529. The molecule has 7 nitrogen and oxygen atoms in total. The molecule has 3 rings (SSSR count). The molecule has 1 aromatic rings. The number of amides is 1. The predicted octanol–water partition coefficient (Wildman–Crippen LogP) is 0.746. The van der Waals surface area contributed by atoms with Crippen molar-refractivity contribution in [3.63, 3.8) is 0 Å². The van der Waals surface area contributed by atoms with Crippen LogP contribution in [-0.2, 0) is 4.79 Å². The molecule has 1 amide bonds. The number of fused-ring (bicyclic) bond motifs is 1. The summed E-state index contributed by atoms with van der Waals surface area (Å²) in [5.41, 5.74) is 0.558. The first-order valence-electron chi connectivity index (χ1n) is 8.30. The lowest BCUT2D eigenvalue weighted by Crippen LogP contribution is -2.44. The number of benzene rings is 1. The normalized spacial score (nSPS) is 17.7.